The van der Waals surface area contributed by atoms with Gasteiger partial charge in [0.2, 0.25) is 0 Å². The molecule has 0 heterocycles. The van der Waals surface area contributed by atoms with Gasteiger partial charge in [0.1, 0.15) is 0 Å². The first kappa shape index (κ1) is 9.40. The Bertz CT molecular complexity index is 568. The molecule has 1 aliphatic carbocycles. The number of carbonyl (C=O) groups is 1. The Morgan fingerprint density at radius 2 is 1.75 bits per heavy atom. The minimum absolute atomic E-state index is 0.403. The number of aromatic carboxylic acids is 1. The van der Waals surface area contributed by atoms with Crippen molar-refractivity contribution in [3.8, 4) is 0 Å². The van der Waals surface area contributed by atoms with Crippen molar-refractivity contribution in [1.29, 1.82) is 0 Å². The maximum atomic E-state index is 11.1. The Balaban J connectivity index is 2.32. The molecule has 0 saturated heterocycles. The molecule has 2 aromatic rings. The number of rotatable bonds is 2. The van der Waals surface area contributed by atoms with Gasteiger partial charge >= 0.3 is 5.97 Å². The van der Waals surface area contributed by atoms with Crippen LogP contribution in [0, 0.1) is 0 Å². The molecule has 0 aliphatic heterocycles. The molecule has 0 unspecified atom stereocenters. The van der Waals surface area contributed by atoms with E-state index in [4.69, 9.17) is 5.11 Å². The van der Waals surface area contributed by atoms with Crippen molar-refractivity contribution in [1.82, 2.24) is 0 Å². The van der Waals surface area contributed by atoms with E-state index in [1.54, 1.807) is 6.07 Å². The normalized spacial score (nSPS) is 15.2. The second-order valence-electron chi connectivity index (χ2n) is 4.33. The minimum atomic E-state index is -0.849. The third-order valence-corrected chi connectivity index (χ3v) is 3.20. The fraction of sp³-hybridized carbons (Fsp3) is 0.214. The standard InChI is InChI=1S/C14H12O2/c15-14(16)13-6-2-4-11-10(9-7-8-9)3-1-5-12(11)13/h1-6,9H,7-8H2,(H,15,16). The molecule has 1 aliphatic rings. The number of hydrogen-bond acceptors (Lipinski definition) is 1. The van der Waals surface area contributed by atoms with Crippen molar-refractivity contribution in [2.75, 3.05) is 0 Å². The van der Waals surface area contributed by atoms with E-state index in [0.717, 1.165) is 10.8 Å². The average molecular weight is 212 g/mol. The zero-order valence-corrected chi connectivity index (χ0v) is 8.81. The molecule has 0 aromatic heterocycles. The fourth-order valence-electron chi connectivity index (χ4n) is 2.27. The maximum absolute atomic E-state index is 11.1. The predicted molar refractivity (Wildman–Crippen MR) is 62.9 cm³/mol. The summed E-state index contributed by atoms with van der Waals surface area (Å²) >= 11 is 0. The lowest BCUT2D eigenvalue weighted by atomic mass is 9.98. The van der Waals surface area contributed by atoms with Gasteiger partial charge in [0.25, 0.3) is 0 Å². The van der Waals surface area contributed by atoms with Crippen molar-refractivity contribution >= 4 is 16.7 Å². The Morgan fingerprint density at radius 1 is 1.06 bits per heavy atom. The van der Waals surface area contributed by atoms with Gasteiger partial charge in [-0.15, -0.1) is 0 Å². The van der Waals surface area contributed by atoms with E-state index in [2.05, 4.69) is 6.07 Å². The fourth-order valence-corrected chi connectivity index (χ4v) is 2.27. The molecule has 1 saturated carbocycles. The lowest BCUT2D eigenvalue weighted by molar-refractivity contribution is 0.0699. The zero-order valence-electron chi connectivity index (χ0n) is 8.81. The summed E-state index contributed by atoms with van der Waals surface area (Å²) in [7, 11) is 0. The van der Waals surface area contributed by atoms with Crippen LogP contribution in [0.15, 0.2) is 36.4 Å². The first-order valence-electron chi connectivity index (χ1n) is 5.52. The van der Waals surface area contributed by atoms with Crippen molar-refractivity contribution in [3.63, 3.8) is 0 Å². The quantitative estimate of drug-likeness (QED) is 0.828. The molecule has 1 fully saturated rings. The van der Waals surface area contributed by atoms with E-state index in [1.807, 2.05) is 24.3 Å². The van der Waals surface area contributed by atoms with Crippen molar-refractivity contribution in [3.05, 3.63) is 47.5 Å². The van der Waals surface area contributed by atoms with Gasteiger partial charge in [0.05, 0.1) is 5.56 Å². The van der Waals surface area contributed by atoms with Crippen LogP contribution >= 0.6 is 0 Å². The van der Waals surface area contributed by atoms with E-state index in [0.29, 0.717) is 11.5 Å². The van der Waals surface area contributed by atoms with Crippen molar-refractivity contribution < 1.29 is 9.90 Å². The molecule has 80 valence electrons. The molecule has 16 heavy (non-hydrogen) atoms. The summed E-state index contributed by atoms with van der Waals surface area (Å²) in [6.07, 6.45) is 2.47. The smallest absolute Gasteiger partial charge is 0.336 e. The third-order valence-electron chi connectivity index (χ3n) is 3.20. The van der Waals surface area contributed by atoms with Gasteiger partial charge in [-0.25, -0.2) is 4.79 Å². The highest BCUT2D eigenvalue weighted by Crippen LogP contribution is 2.43. The molecule has 0 bridgehead atoms. The summed E-state index contributed by atoms with van der Waals surface area (Å²) < 4.78 is 0. The van der Waals surface area contributed by atoms with Crippen LogP contribution in [0.2, 0.25) is 0 Å². The van der Waals surface area contributed by atoms with E-state index >= 15 is 0 Å². The topological polar surface area (TPSA) is 37.3 Å². The van der Waals surface area contributed by atoms with Gasteiger partial charge in [0.15, 0.2) is 0 Å². The molecule has 2 nitrogen and oxygen atoms in total. The number of carboxylic acid groups (broad SMARTS) is 1. The van der Waals surface area contributed by atoms with Crippen molar-refractivity contribution in [2.24, 2.45) is 0 Å². The zero-order chi connectivity index (χ0) is 11.1. The lowest BCUT2D eigenvalue weighted by Crippen LogP contribution is -1.97. The van der Waals surface area contributed by atoms with Crippen LogP contribution < -0.4 is 0 Å². The Kier molecular flexibility index (Phi) is 1.96. The van der Waals surface area contributed by atoms with Crippen LogP contribution in [0.5, 0.6) is 0 Å². The minimum Gasteiger partial charge on any atom is -0.478 e. The number of carboxylic acids is 1. The predicted octanol–water partition coefficient (Wildman–Crippen LogP) is 3.42. The van der Waals surface area contributed by atoms with Crippen LogP contribution in [-0.2, 0) is 0 Å². The Labute approximate surface area is 93.5 Å². The number of hydrogen-bond donors (Lipinski definition) is 1. The van der Waals surface area contributed by atoms with Crippen molar-refractivity contribution in [2.45, 2.75) is 18.8 Å². The Hall–Kier alpha value is -1.83. The van der Waals surface area contributed by atoms with Gasteiger partial charge in [-0.05, 0) is 41.2 Å². The molecule has 0 atom stereocenters. The number of fused-ring (bicyclic) bond motifs is 1. The third kappa shape index (κ3) is 1.38. The maximum Gasteiger partial charge on any atom is 0.336 e. The number of benzene rings is 2. The summed E-state index contributed by atoms with van der Waals surface area (Å²) in [4.78, 5) is 11.1. The molecule has 3 rings (SSSR count). The van der Waals surface area contributed by atoms with Gasteiger partial charge < -0.3 is 5.11 Å². The summed E-state index contributed by atoms with van der Waals surface area (Å²) in [6.45, 7) is 0. The van der Waals surface area contributed by atoms with Gasteiger partial charge in [-0.3, -0.25) is 0 Å². The van der Waals surface area contributed by atoms with Gasteiger partial charge in [-0.2, -0.15) is 0 Å². The summed E-state index contributed by atoms with van der Waals surface area (Å²) in [6, 6.07) is 11.5. The highest BCUT2D eigenvalue weighted by Gasteiger charge is 2.25. The monoisotopic (exact) mass is 212 g/mol. The van der Waals surface area contributed by atoms with Crippen LogP contribution in [0.25, 0.3) is 10.8 Å². The van der Waals surface area contributed by atoms with E-state index in [-0.39, 0.29) is 0 Å². The molecule has 0 radical (unpaired) electrons. The molecule has 0 spiro atoms. The molecular weight excluding hydrogens is 200 g/mol. The summed E-state index contributed by atoms with van der Waals surface area (Å²) in [5.74, 6) is -0.203. The van der Waals surface area contributed by atoms with Crippen LogP contribution in [0.4, 0.5) is 0 Å². The second-order valence-corrected chi connectivity index (χ2v) is 4.33. The van der Waals surface area contributed by atoms with E-state index in [1.165, 1.54) is 18.4 Å². The van der Waals surface area contributed by atoms with Crippen LogP contribution in [-0.4, -0.2) is 11.1 Å². The SMILES string of the molecule is O=C(O)c1cccc2c(C3CC3)cccc12. The molecule has 1 N–H and O–H groups in total. The van der Waals surface area contributed by atoms with Gasteiger partial charge in [0, 0.05) is 0 Å². The average Bonchev–Trinajstić information content (AvgIpc) is 3.11. The molecule has 2 heteroatoms. The Morgan fingerprint density at radius 3 is 2.44 bits per heavy atom. The second kappa shape index (κ2) is 3.34. The lowest BCUT2D eigenvalue weighted by Gasteiger charge is -2.07. The van der Waals surface area contributed by atoms with Gasteiger partial charge in [-0.1, -0.05) is 30.3 Å². The molecule has 0 amide bonds. The molecular formula is C14H12O2. The van der Waals surface area contributed by atoms with E-state index < -0.39 is 5.97 Å². The van der Waals surface area contributed by atoms with Crippen LogP contribution in [0.1, 0.15) is 34.7 Å². The van der Waals surface area contributed by atoms with Crippen LogP contribution in [0.3, 0.4) is 0 Å². The highest BCUT2D eigenvalue weighted by molar-refractivity contribution is 6.04. The largest absolute Gasteiger partial charge is 0.478 e. The highest BCUT2D eigenvalue weighted by atomic mass is 16.4. The summed E-state index contributed by atoms with van der Waals surface area (Å²) in [5, 5.41) is 11.1. The first-order chi connectivity index (χ1) is 7.77. The summed E-state index contributed by atoms with van der Waals surface area (Å²) in [5.41, 5.74) is 1.71. The molecule has 2 aromatic carbocycles. The first-order valence-corrected chi connectivity index (χ1v) is 5.52. The van der Waals surface area contributed by atoms with E-state index in [9.17, 15) is 4.79 Å².